The molecule has 0 unspecified atom stereocenters. The lowest BCUT2D eigenvalue weighted by Crippen LogP contribution is -2.38. The highest BCUT2D eigenvalue weighted by atomic mass is 32.2. The Morgan fingerprint density at radius 3 is 2.54 bits per heavy atom. The molecule has 1 saturated heterocycles. The van der Waals surface area contributed by atoms with Crippen molar-refractivity contribution in [2.75, 3.05) is 25.9 Å². The fourth-order valence-electron chi connectivity index (χ4n) is 3.73. The van der Waals surface area contributed by atoms with Crippen molar-refractivity contribution in [2.24, 2.45) is 5.92 Å². The number of piperidine rings is 1. The first kappa shape index (κ1) is 21.4. The van der Waals surface area contributed by atoms with Crippen LogP contribution in [-0.2, 0) is 16.6 Å². The molecular formula is C22H30N2O2S2. The zero-order valence-electron chi connectivity index (χ0n) is 16.9. The molecule has 1 heterocycles. The molecule has 0 aliphatic carbocycles. The smallest absolute Gasteiger partial charge is 0.240 e. The lowest BCUT2D eigenvalue weighted by molar-refractivity contribution is 0.177. The molecule has 0 aromatic heterocycles. The molecule has 4 nitrogen and oxygen atoms in total. The molecule has 1 N–H and O–H groups in total. The van der Waals surface area contributed by atoms with Crippen LogP contribution in [0, 0.1) is 19.8 Å². The first-order valence-corrected chi connectivity index (χ1v) is 12.5. The first-order chi connectivity index (χ1) is 13.4. The van der Waals surface area contributed by atoms with E-state index in [1.54, 1.807) is 17.8 Å². The van der Waals surface area contributed by atoms with E-state index in [9.17, 15) is 8.42 Å². The Morgan fingerprint density at radius 1 is 1.11 bits per heavy atom. The van der Waals surface area contributed by atoms with E-state index in [0.29, 0.717) is 17.4 Å². The predicted molar refractivity (Wildman–Crippen MR) is 117 cm³/mol. The summed E-state index contributed by atoms with van der Waals surface area (Å²) in [5, 5.41) is 0. The van der Waals surface area contributed by atoms with Gasteiger partial charge in [0.2, 0.25) is 10.0 Å². The van der Waals surface area contributed by atoms with E-state index in [0.717, 1.165) is 43.6 Å². The van der Waals surface area contributed by atoms with E-state index < -0.39 is 10.0 Å². The van der Waals surface area contributed by atoms with E-state index in [1.165, 1.54) is 10.5 Å². The fourth-order valence-corrected chi connectivity index (χ4v) is 5.78. The van der Waals surface area contributed by atoms with Crippen molar-refractivity contribution in [3.63, 3.8) is 0 Å². The number of nitrogens with zero attached hydrogens (tertiary/aromatic N) is 1. The predicted octanol–water partition coefficient (Wildman–Crippen LogP) is 4.22. The Labute approximate surface area is 173 Å². The van der Waals surface area contributed by atoms with E-state index >= 15 is 0 Å². The SMILES string of the molecule is CSc1ccccc1CN1CCC(CNS(=O)(=O)c2cc(C)ccc2C)CC1. The third-order valence-corrected chi connectivity index (χ3v) is 7.89. The fraction of sp³-hybridized carbons (Fsp3) is 0.455. The number of benzene rings is 2. The molecule has 2 aromatic rings. The van der Waals surface area contributed by atoms with Gasteiger partial charge in [-0.15, -0.1) is 11.8 Å². The Morgan fingerprint density at radius 2 is 1.82 bits per heavy atom. The largest absolute Gasteiger partial charge is 0.299 e. The summed E-state index contributed by atoms with van der Waals surface area (Å²) in [6.07, 6.45) is 4.17. The van der Waals surface area contributed by atoms with Gasteiger partial charge >= 0.3 is 0 Å². The van der Waals surface area contributed by atoms with Gasteiger partial charge in [-0.3, -0.25) is 4.90 Å². The zero-order chi connectivity index (χ0) is 20.1. The van der Waals surface area contributed by atoms with Crippen molar-refractivity contribution in [1.29, 1.82) is 0 Å². The summed E-state index contributed by atoms with van der Waals surface area (Å²) in [4.78, 5) is 4.22. The second-order valence-electron chi connectivity index (χ2n) is 7.65. The third kappa shape index (κ3) is 5.38. The minimum absolute atomic E-state index is 0.395. The number of aryl methyl sites for hydroxylation is 2. The van der Waals surface area contributed by atoms with Crippen molar-refractivity contribution in [2.45, 2.75) is 43.0 Å². The molecule has 0 radical (unpaired) electrons. The van der Waals surface area contributed by atoms with Crippen LogP contribution in [0.1, 0.15) is 29.5 Å². The van der Waals surface area contributed by atoms with E-state index in [2.05, 4.69) is 40.1 Å². The summed E-state index contributed by atoms with van der Waals surface area (Å²) in [6, 6.07) is 14.1. The maximum Gasteiger partial charge on any atom is 0.240 e. The highest BCUT2D eigenvalue weighted by Gasteiger charge is 2.23. The molecule has 6 heteroatoms. The maximum absolute atomic E-state index is 12.7. The van der Waals surface area contributed by atoms with E-state index in [1.807, 2.05) is 26.0 Å². The van der Waals surface area contributed by atoms with Crippen LogP contribution in [-0.4, -0.2) is 39.2 Å². The minimum atomic E-state index is -3.45. The Bertz CT molecular complexity index is 905. The molecule has 1 fully saturated rings. The summed E-state index contributed by atoms with van der Waals surface area (Å²) in [5.41, 5.74) is 3.13. The highest BCUT2D eigenvalue weighted by Crippen LogP contribution is 2.24. The number of sulfonamides is 1. The number of nitrogens with one attached hydrogen (secondary N) is 1. The second-order valence-corrected chi connectivity index (χ2v) is 10.2. The molecule has 0 bridgehead atoms. The van der Waals surface area contributed by atoms with Gasteiger partial charge in [0, 0.05) is 18.0 Å². The summed E-state index contributed by atoms with van der Waals surface area (Å²) in [7, 11) is -3.45. The lowest BCUT2D eigenvalue weighted by Gasteiger charge is -2.32. The van der Waals surface area contributed by atoms with Gasteiger partial charge in [0.05, 0.1) is 4.90 Å². The van der Waals surface area contributed by atoms with Crippen LogP contribution in [0.25, 0.3) is 0 Å². The molecule has 2 aromatic carbocycles. The first-order valence-electron chi connectivity index (χ1n) is 9.80. The molecule has 1 aliphatic heterocycles. The Balaban J connectivity index is 1.52. The molecular weight excluding hydrogens is 388 g/mol. The van der Waals surface area contributed by atoms with Crippen molar-refractivity contribution in [1.82, 2.24) is 9.62 Å². The van der Waals surface area contributed by atoms with E-state index in [-0.39, 0.29) is 0 Å². The standard InChI is InChI=1S/C22H30N2O2S2/c1-17-8-9-18(2)22(14-17)28(25,26)23-15-19-10-12-24(13-11-19)16-20-6-4-5-7-21(20)27-3/h4-9,14,19,23H,10-13,15-16H2,1-3H3. The van der Waals surface area contributed by atoms with Gasteiger partial charge in [0.1, 0.15) is 0 Å². The van der Waals surface area contributed by atoms with Crippen molar-refractivity contribution in [3.8, 4) is 0 Å². The zero-order valence-corrected chi connectivity index (χ0v) is 18.6. The van der Waals surface area contributed by atoms with E-state index in [4.69, 9.17) is 0 Å². The number of likely N-dealkylation sites (tertiary alicyclic amines) is 1. The number of hydrogen-bond donors (Lipinski definition) is 1. The van der Waals surface area contributed by atoms with Gasteiger partial charge in [0.25, 0.3) is 0 Å². The third-order valence-electron chi connectivity index (χ3n) is 5.49. The van der Waals surface area contributed by atoms with Crippen molar-refractivity contribution < 1.29 is 8.42 Å². The number of thioether (sulfide) groups is 1. The Kier molecular flexibility index (Phi) is 7.20. The average Bonchev–Trinajstić information content (AvgIpc) is 2.69. The van der Waals surface area contributed by atoms with Crippen LogP contribution in [0.5, 0.6) is 0 Å². The van der Waals surface area contributed by atoms with Gasteiger partial charge in [0.15, 0.2) is 0 Å². The van der Waals surface area contributed by atoms with Crippen LogP contribution in [0.3, 0.4) is 0 Å². The van der Waals surface area contributed by atoms with Crippen molar-refractivity contribution in [3.05, 3.63) is 59.2 Å². The quantitative estimate of drug-likeness (QED) is 0.684. The minimum Gasteiger partial charge on any atom is -0.299 e. The van der Waals surface area contributed by atoms with Crippen LogP contribution in [0.4, 0.5) is 0 Å². The summed E-state index contributed by atoms with van der Waals surface area (Å²) in [6.45, 7) is 7.28. The highest BCUT2D eigenvalue weighted by molar-refractivity contribution is 7.98. The molecule has 28 heavy (non-hydrogen) atoms. The molecule has 152 valence electrons. The molecule has 3 rings (SSSR count). The summed E-state index contributed by atoms with van der Waals surface area (Å²) < 4.78 is 28.2. The molecule has 0 amide bonds. The van der Waals surface area contributed by atoms with Crippen molar-refractivity contribution >= 4 is 21.8 Å². The van der Waals surface area contributed by atoms with Crippen LogP contribution in [0.15, 0.2) is 52.3 Å². The van der Waals surface area contributed by atoms with Gasteiger partial charge in [-0.25, -0.2) is 13.1 Å². The van der Waals surface area contributed by atoms with Gasteiger partial charge in [-0.1, -0.05) is 30.3 Å². The number of rotatable bonds is 7. The number of hydrogen-bond acceptors (Lipinski definition) is 4. The van der Waals surface area contributed by atoms with Crippen LogP contribution >= 0.6 is 11.8 Å². The molecule has 0 saturated carbocycles. The molecule has 1 aliphatic rings. The topological polar surface area (TPSA) is 49.4 Å². The normalized spacial score (nSPS) is 16.4. The summed E-state index contributed by atoms with van der Waals surface area (Å²) >= 11 is 1.79. The lowest BCUT2D eigenvalue weighted by atomic mass is 9.97. The van der Waals surface area contributed by atoms with Gasteiger partial charge in [-0.05, 0) is 80.8 Å². The summed E-state index contributed by atoms with van der Waals surface area (Å²) in [5.74, 6) is 0.395. The average molecular weight is 419 g/mol. The van der Waals surface area contributed by atoms with Gasteiger partial charge < -0.3 is 0 Å². The molecule has 0 spiro atoms. The second kappa shape index (κ2) is 9.44. The van der Waals surface area contributed by atoms with Crippen LogP contribution < -0.4 is 4.72 Å². The van der Waals surface area contributed by atoms with Gasteiger partial charge in [-0.2, -0.15) is 0 Å². The maximum atomic E-state index is 12.7. The van der Waals surface area contributed by atoms with Crippen LogP contribution in [0.2, 0.25) is 0 Å². The molecule has 0 atom stereocenters. The Hall–Kier alpha value is -1.34. The monoisotopic (exact) mass is 418 g/mol.